The van der Waals surface area contributed by atoms with Gasteiger partial charge in [0.05, 0.1) is 5.69 Å². The normalized spacial score (nSPS) is 14.8. The molecule has 3 heteroatoms. The van der Waals surface area contributed by atoms with E-state index in [4.69, 9.17) is 0 Å². The van der Waals surface area contributed by atoms with Crippen LogP contribution in [0.5, 0.6) is 0 Å². The predicted octanol–water partition coefficient (Wildman–Crippen LogP) is 3.39. The summed E-state index contributed by atoms with van der Waals surface area (Å²) < 4.78 is 13.2. The zero-order chi connectivity index (χ0) is 13.1. The first-order valence-corrected chi connectivity index (χ1v) is 6.70. The summed E-state index contributed by atoms with van der Waals surface area (Å²) in [6, 6.07) is 13.5. The Morgan fingerprint density at radius 2 is 2.00 bits per heavy atom. The van der Waals surface area contributed by atoms with Gasteiger partial charge in [-0.05, 0) is 42.7 Å². The van der Waals surface area contributed by atoms with Crippen molar-refractivity contribution in [3.8, 4) is 0 Å². The third kappa shape index (κ3) is 3.38. The van der Waals surface area contributed by atoms with Crippen LogP contribution >= 0.6 is 0 Å². The quantitative estimate of drug-likeness (QED) is 0.815. The maximum atomic E-state index is 13.2. The summed E-state index contributed by atoms with van der Waals surface area (Å²) in [4.78, 5) is 6.76. The van der Waals surface area contributed by atoms with Crippen LogP contribution in [0.4, 0.5) is 4.39 Å². The number of hydrogen-bond acceptors (Lipinski definition) is 2. The van der Waals surface area contributed by atoms with Gasteiger partial charge in [0.25, 0.3) is 0 Å². The number of benzene rings is 1. The second-order valence-corrected chi connectivity index (χ2v) is 5.09. The molecule has 98 valence electrons. The van der Waals surface area contributed by atoms with Gasteiger partial charge in [0.15, 0.2) is 0 Å². The molecule has 0 saturated heterocycles. The molecule has 1 heterocycles. The van der Waals surface area contributed by atoms with Gasteiger partial charge in [0, 0.05) is 25.3 Å². The van der Waals surface area contributed by atoms with Crippen LogP contribution in [-0.4, -0.2) is 15.9 Å². The minimum absolute atomic E-state index is 0.161. The van der Waals surface area contributed by atoms with Crippen molar-refractivity contribution >= 4 is 0 Å². The van der Waals surface area contributed by atoms with E-state index < -0.39 is 0 Å². The molecule has 0 unspecified atom stereocenters. The van der Waals surface area contributed by atoms with Crippen molar-refractivity contribution < 1.29 is 4.39 Å². The van der Waals surface area contributed by atoms with Crippen LogP contribution in [0.15, 0.2) is 48.7 Å². The van der Waals surface area contributed by atoms with E-state index >= 15 is 0 Å². The van der Waals surface area contributed by atoms with Crippen LogP contribution in [0.3, 0.4) is 0 Å². The molecule has 1 aliphatic rings. The van der Waals surface area contributed by atoms with E-state index in [0.29, 0.717) is 6.04 Å². The fourth-order valence-electron chi connectivity index (χ4n) is 2.32. The van der Waals surface area contributed by atoms with Crippen LogP contribution in [0, 0.1) is 5.82 Å². The lowest BCUT2D eigenvalue weighted by Gasteiger charge is -2.21. The van der Waals surface area contributed by atoms with Gasteiger partial charge in [-0.2, -0.15) is 0 Å². The van der Waals surface area contributed by atoms with E-state index in [9.17, 15) is 4.39 Å². The molecule has 19 heavy (non-hydrogen) atoms. The molecule has 0 radical (unpaired) electrons. The number of halogens is 1. The highest BCUT2D eigenvalue weighted by Crippen LogP contribution is 2.29. The van der Waals surface area contributed by atoms with Gasteiger partial charge in [-0.1, -0.05) is 18.2 Å². The maximum absolute atomic E-state index is 13.2. The maximum Gasteiger partial charge on any atom is 0.123 e. The standard InChI is InChI=1S/C16H17FN2/c17-14-5-3-4-13(10-14)11-19(16-7-8-16)12-15-6-1-2-9-18-15/h1-6,9-10,16H,7-8,11-12H2. The summed E-state index contributed by atoms with van der Waals surface area (Å²) in [5.74, 6) is -0.161. The third-order valence-corrected chi connectivity index (χ3v) is 3.43. The minimum Gasteiger partial charge on any atom is -0.290 e. The molecule has 1 aliphatic carbocycles. The Hall–Kier alpha value is -1.74. The van der Waals surface area contributed by atoms with E-state index in [1.165, 1.54) is 18.9 Å². The van der Waals surface area contributed by atoms with Crippen LogP contribution in [0.25, 0.3) is 0 Å². The van der Waals surface area contributed by atoms with Gasteiger partial charge in [0.1, 0.15) is 5.82 Å². The summed E-state index contributed by atoms with van der Waals surface area (Å²) in [5.41, 5.74) is 2.11. The average molecular weight is 256 g/mol. The van der Waals surface area contributed by atoms with Crippen molar-refractivity contribution in [2.45, 2.75) is 32.0 Å². The smallest absolute Gasteiger partial charge is 0.123 e. The molecule has 0 atom stereocenters. The Bertz CT molecular complexity index is 537. The lowest BCUT2D eigenvalue weighted by molar-refractivity contribution is 0.242. The van der Waals surface area contributed by atoms with Crippen molar-refractivity contribution in [3.05, 3.63) is 65.7 Å². The fraction of sp³-hybridized carbons (Fsp3) is 0.312. The SMILES string of the molecule is Fc1cccc(CN(Cc2ccccn2)C2CC2)c1. The van der Waals surface area contributed by atoms with E-state index in [-0.39, 0.29) is 5.82 Å². The Labute approximate surface area is 112 Å². The summed E-state index contributed by atoms with van der Waals surface area (Å²) in [6.07, 6.45) is 4.30. The Kier molecular flexibility index (Phi) is 3.56. The van der Waals surface area contributed by atoms with E-state index in [1.807, 2.05) is 30.5 Å². The Morgan fingerprint density at radius 1 is 1.11 bits per heavy atom. The molecule has 1 fully saturated rings. The topological polar surface area (TPSA) is 16.1 Å². The number of rotatable bonds is 5. The van der Waals surface area contributed by atoms with E-state index in [0.717, 1.165) is 24.3 Å². The lowest BCUT2D eigenvalue weighted by Crippen LogP contribution is -2.25. The second-order valence-electron chi connectivity index (χ2n) is 5.09. The highest BCUT2D eigenvalue weighted by molar-refractivity contribution is 5.17. The monoisotopic (exact) mass is 256 g/mol. The molecular formula is C16H17FN2. The number of pyridine rings is 1. The molecule has 0 spiro atoms. The Balaban J connectivity index is 1.71. The molecule has 0 aliphatic heterocycles. The molecule has 2 nitrogen and oxygen atoms in total. The van der Waals surface area contributed by atoms with E-state index in [1.54, 1.807) is 12.1 Å². The average Bonchev–Trinajstić information content (AvgIpc) is 3.23. The number of hydrogen-bond donors (Lipinski definition) is 0. The van der Waals surface area contributed by atoms with Crippen LogP contribution in [0.2, 0.25) is 0 Å². The Morgan fingerprint density at radius 3 is 2.68 bits per heavy atom. The minimum atomic E-state index is -0.161. The molecule has 1 saturated carbocycles. The molecule has 0 amide bonds. The number of aromatic nitrogens is 1. The summed E-state index contributed by atoms with van der Waals surface area (Å²) >= 11 is 0. The van der Waals surface area contributed by atoms with Gasteiger partial charge < -0.3 is 0 Å². The highest BCUT2D eigenvalue weighted by atomic mass is 19.1. The lowest BCUT2D eigenvalue weighted by atomic mass is 10.2. The highest BCUT2D eigenvalue weighted by Gasteiger charge is 2.29. The zero-order valence-electron chi connectivity index (χ0n) is 10.8. The summed E-state index contributed by atoms with van der Waals surface area (Å²) in [6.45, 7) is 1.63. The van der Waals surface area contributed by atoms with Crippen LogP contribution in [0.1, 0.15) is 24.1 Å². The molecule has 1 aromatic carbocycles. The second kappa shape index (κ2) is 5.49. The van der Waals surface area contributed by atoms with Crippen molar-refractivity contribution in [2.24, 2.45) is 0 Å². The van der Waals surface area contributed by atoms with Crippen molar-refractivity contribution in [3.63, 3.8) is 0 Å². The molecular weight excluding hydrogens is 239 g/mol. The first-order chi connectivity index (χ1) is 9.31. The molecule has 0 bridgehead atoms. The third-order valence-electron chi connectivity index (χ3n) is 3.43. The predicted molar refractivity (Wildman–Crippen MR) is 72.9 cm³/mol. The first kappa shape index (κ1) is 12.3. The largest absolute Gasteiger partial charge is 0.290 e. The van der Waals surface area contributed by atoms with Gasteiger partial charge >= 0.3 is 0 Å². The molecule has 2 aromatic rings. The molecule has 1 aromatic heterocycles. The van der Waals surface area contributed by atoms with Crippen molar-refractivity contribution in [1.29, 1.82) is 0 Å². The van der Waals surface area contributed by atoms with E-state index in [2.05, 4.69) is 9.88 Å². The zero-order valence-corrected chi connectivity index (χ0v) is 10.8. The fourth-order valence-corrected chi connectivity index (χ4v) is 2.32. The van der Waals surface area contributed by atoms with Crippen molar-refractivity contribution in [1.82, 2.24) is 9.88 Å². The van der Waals surface area contributed by atoms with Gasteiger partial charge in [-0.3, -0.25) is 9.88 Å². The van der Waals surface area contributed by atoms with Crippen LogP contribution < -0.4 is 0 Å². The van der Waals surface area contributed by atoms with Gasteiger partial charge in [0.2, 0.25) is 0 Å². The first-order valence-electron chi connectivity index (χ1n) is 6.70. The van der Waals surface area contributed by atoms with Crippen molar-refractivity contribution in [2.75, 3.05) is 0 Å². The molecule has 3 rings (SSSR count). The van der Waals surface area contributed by atoms with Crippen LogP contribution in [-0.2, 0) is 13.1 Å². The summed E-state index contributed by atoms with van der Waals surface area (Å²) in [5, 5.41) is 0. The van der Waals surface area contributed by atoms with Gasteiger partial charge in [-0.25, -0.2) is 4.39 Å². The molecule has 0 N–H and O–H groups in total. The number of nitrogens with zero attached hydrogens (tertiary/aromatic N) is 2. The van der Waals surface area contributed by atoms with Gasteiger partial charge in [-0.15, -0.1) is 0 Å². The summed E-state index contributed by atoms with van der Waals surface area (Å²) in [7, 11) is 0.